The van der Waals surface area contributed by atoms with Crippen molar-refractivity contribution >= 4 is 29.3 Å². The zero-order valence-corrected chi connectivity index (χ0v) is 17.1. The molecule has 1 aromatic heterocycles. The lowest BCUT2D eigenvalue weighted by molar-refractivity contribution is -0.125. The minimum absolute atomic E-state index is 0.00306. The van der Waals surface area contributed by atoms with Gasteiger partial charge >= 0.3 is 0 Å². The summed E-state index contributed by atoms with van der Waals surface area (Å²) in [5.41, 5.74) is 4.30. The first-order chi connectivity index (χ1) is 14.6. The second kappa shape index (κ2) is 8.95. The number of fused-ring (bicyclic) bond motifs is 1. The molecule has 0 spiro atoms. The largest absolute Gasteiger partial charge is 0.497 e. The van der Waals surface area contributed by atoms with Crippen molar-refractivity contribution in [3.8, 4) is 5.75 Å². The van der Waals surface area contributed by atoms with E-state index in [1.807, 2.05) is 23.1 Å². The third kappa shape index (κ3) is 4.59. The van der Waals surface area contributed by atoms with E-state index in [0.29, 0.717) is 25.2 Å². The van der Waals surface area contributed by atoms with E-state index in [2.05, 4.69) is 28.5 Å². The summed E-state index contributed by atoms with van der Waals surface area (Å²) >= 11 is 0. The van der Waals surface area contributed by atoms with Gasteiger partial charge in [-0.05, 0) is 65.8 Å². The van der Waals surface area contributed by atoms with E-state index in [-0.39, 0.29) is 11.8 Å². The Balaban J connectivity index is 1.41. The number of carbonyl (C=O) groups excluding carboxylic acids is 2. The number of nitrogens with one attached hydrogen (secondary N) is 1. The number of methoxy groups -OCH3 is 1. The van der Waals surface area contributed by atoms with Crippen LogP contribution in [0.1, 0.15) is 36.0 Å². The number of allylic oxidation sites excluding steroid dienone is 1. The van der Waals surface area contributed by atoms with E-state index in [1.165, 1.54) is 11.1 Å². The van der Waals surface area contributed by atoms with Crippen LogP contribution < -0.4 is 10.1 Å². The van der Waals surface area contributed by atoms with Gasteiger partial charge in [0, 0.05) is 31.8 Å². The van der Waals surface area contributed by atoms with E-state index < -0.39 is 0 Å². The predicted octanol–water partition coefficient (Wildman–Crippen LogP) is 3.69. The first-order valence-corrected chi connectivity index (χ1v) is 10.2. The molecule has 0 radical (unpaired) electrons. The Bertz CT molecular complexity index is 1010. The lowest BCUT2D eigenvalue weighted by atomic mass is 10.0. The van der Waals surface area contributed by atoms with Crippen LogP contribution in [0.3, 0.4) is 0 Å². The highest BCUT2D eigenvalue weighted by atomic mass is 16.5. The van der Waals surface area contributed by atoms with Crippen LogP contribution in [-0.2, 0) is 16.0 Å². The number of carbonyl (C=O) groups is 2. The number of rotatable bonds is 4. The molecule has 0 saturated heterocycles. The molecule has 2 aromatic rings. The molecule has 30 heavy (non-hydrogen) atoms. The molecule has 2 amide bonds. The normalized spacial score (nSPS) is 16.5. The van der Waals surface area contributed by atoms with Crippen molar-refractivity contribution in [2.75, 3.05) is 25.5 Å². The summed E-state index contributed by atoms with van der Waals surface area (Å²) in [5.74, 6) is 1.46. The van der Waals surface area contributed by atoms with Crippen LogP contribution in [0.5, 0.6) is 5.75 Å². The number of hydrogen-bond acceptors (Lipinski definition) is 4. The van der Waals surface area contributed by atoms with Gasteiger partial charge in [-0.3, -0.25) is 9.59 Å². The number of nitrogens with zero attached hydrogens (tertiary/aromatic N) is 2. The van der Waals surface area contributed by atoms with Crippen LogP contribution in [0.15, 0.2) is 48.7 Å². The van der Waals surface area contributed by atoms with Crippen LogP contribution >= 0.6 is 0 Å². The number of amides is 2. The molecule has 3 heterocycles. The Morgan fingerprint density at radius 2 is 2.03 bits per heavy atom. The molecule has 0 bridgehead atoms. The number of hydrogen-bond donors (Lipinski definition) is 1. The van der Waals surface area contributed by atoms with Gasteiger partial charge in [0.2, 0.25) is 11.8 Å². The third-order valence-electron chi connectivity index (χ3n) is 5.49. The fourth-order valence-electron chi connectivity index (χ4n) is 3.78. The number of aryl methyl sites for hydroxylation is 1. The molecular formula is C24H25N3O3. The summed E-state index contributed by atoms with van der Waals surface area (Å²) in [5, 5.41) is 2.77. The first-order valence-electron chi connectivity index (χ1n) is 10.2. The van der Waals surface area contributed by atoms with Gasteiger partial charge in [-0.2, -0.15) is 0 Å². The standard InChI is InChI=1S/C24H25N3O3/c1-30-21-8-5-19(6-9-21)18-3-2-13-27(14-12-18)23(29)11-4-17-15-20-7-10-22(28)26-24(20)25-16-17/h4-6,8-9,11-12,15-16H,2-3,7,10,13-14H2,1H3,(H,25,26,28). The quantitative estimate of drug-likeness (QED) is 0.791. The zero-order valence-electron chi connectivity index (χ0n) is 17.1. The van der Waals surface area contributed by atoms with Gasteiger partial charge < -0.3 is 15.0 Å². The van der Waals surface area contributed by atoms with Crippen molar-refractivity contribution in [1.82, 2.24) is 9.88 Å². The van der Waals surface area contributed by atoms with Gasteiger partial charge in [-0.1, -0.05) is 18.2 Å². The Morgan fingerprint density at radius 3 is 2.83 bits per heavy atom. The lowest BCUT2D eigenvalue weighted by Gasteiger charge is -2.17. The molecule has 154 valence electrons. The van der Waals surface area contributed by atoms with E-state index in [0.717, 1.165) is 36.3 Å². The van der Waals surface area contributed by atoms with Crippen LogP contribution in [-0.4, -0.2) is 41.9 Å². The highest BCUT2D eigenvalue weighted by Crippen LogP contribution is 2.25. The van der Waals surface area contributed by atoms with E-state index in [9.17, 15) is 9.59 Å². The predicted molar refractivity (Wildman–Crippen MR) is 117 cm³/mol. The zero-order chi connectivity index (χ0) is 20.9. The molecule has 0 atom stereocenters. The van der Waals surface area contributed by atoms with E-state index in [4.69, 9.17) is 4.74 Å². The number of benzene rings is 1. The van der Waals surface area contributed by atoms with Gasteiger partial charge in [-0.25, -0.2) is 4.98 Å². The van der Waals surface area contributed by atoms with Crippen molar-refractivity contribution in [3.05, 3.63) is 65.4 Å². The minimum atomic E-state index is -0.00625. The van der Waals surface area contributed by atoms with Crippen LogP contribution in [0.4, 0.5) is 5.82 Å². The number of aromatic nitrogens is 1. The fourth-order valence-corrected chi connectivity index (χ4v) is 3.78. The third-order valence-corrected chi connectivity index (χ3v) is 5.49. The Hall–Kier alpha value is -3.41. The van der Waals surface area contributed by atoms with Gasteiger partial charge in [0.1, 0.15) is 11.6 Å². The summed E-state index contributed by atoms with van der Waals surface area (Å²) < 4.78 is 5.23. The van der Waals surface area contributed by atoms with Crippen molar-refractivity contribution in [2.24, 2.45) is 0 Å². The Kier molecular flexibility index (Phi) is 5.93. The average molecular weight is 403 g/mol. The monoisotopic (exact) mass is 403 g/mol. The summed E-state index contributed by atoms with van der Waals surface area (Å²) in [6.07, 6.45) is 10.2. The van der Waals surface area contributed by atoms with Crippen molar-refractivity contribution in [2.45, 2.75) is 25.7 Å². The molecule has 2 aliphatic rings. The maximum Gasteiger partial charge on any atom is 0.246 e. The SMILES string of the molecule is COc1ccc(C2=CCN(C(=O)C=Cc3cnc4c(c3)CCC(=O)N4)CCC2)cc1. The summed E-state index contributed by atoms with van der Waals surface area (Å²) in [6, 6.07) is 10.0. The van der Waals surface area contributed by atoms with Crippen LogP contribution in [0.25, 0.3) is 11.6 Å². The summed E-state index contributed by atoms with van der Waals surface area (Å²) in [4.78, 5) is 30.3. The van der Waals surface area contributed by atoms with Gasteiger partial charge in [0.05, 0.1) is 7.11 Å². The number of pyridine rings is 1. The molecule has 2 aliphatic heterocycles. The van der Waals surface area contributed by atoms with Crippen LogP contribution in [0.2, 0.25) is 0 Å². The second-order valence-electron chi connectivity index (χ2n) is 7.50. The van der Waals surface area contributed by atoms with Crippen LogP contribution in [0, 0.1) is 0 Å². The molecule has 4 rings (SSSR count). The smallest absolute Gasteiger partial charge is 0.246 e. The molecule has 1 N–H and O–H groups in total. The van der Waals surface area contributed by atoms with Crippen molar-refractivity contribution < 1.29 is 14.3 Å². The maximum absolute atomic E-state index is 12.7. The molecule has 1 aromatic carbocycles. The van der Waals surface area contributed by atoms with Crippen molar-refractivity contribution in [1.29, 1.82) is 0 Å². The number of ether oxygens (including phenoxy) is 1. The summed E-state index contributed by atoms with van der Waals surface area (Å²) in [7, 11) is 1.66. The lowest BCUT2D eigenvalue weighted by Crippen LogP contribution is -2.29. The Morgan fingerprint density at radius 1 is 1.20 bits per heavy atom. The number of anilines is 1. The fraction of sp³-hybridized carbons (Fsp3) is 0.292. The van der Waals surface area contributed by atoms with Gasteiger partial charge in [0.25, 0.3) is 0 Å². The van der Waals surface area contributed by atoms with E-state index in [1.54, 1.807) is 25.5 Å². The topological polar surface area (TPSA) is 71.5 Å². The highest BCUT2D eigenvalue weighted by molar-refractivity contribution is 5.94. The molecule has 6 nitrogen and oxygen atoms in total. The van der Waals surface area contributed by atoms with E-state index >= 15 is 0 Å². The van der Waals surface area contributed by atoms with Crippen molar-refractivity contribution in [3.63, 3.8) is 0 Å². The maximum atomic E-state index is 12.7. The molecule has 0 saturated carbocycles. The molecule has 0 unspecified atom stereocenters. The van der Waals surface area contributed by atoms with Gasteiger partial charge in [0.15, 0.2) is 0 Å². The molecule has 0 aliphatic carbocycles. The molecule has 0 fully saturated rings. The Labute approximate surface area is 176 Å². The molecule has 6 heteroatoms. The highest BCUT2D eigenvalue weighted by Gasteiger charge is 2.17. The summed E-state index contributed by atoms with van der Waals surface area (Å²) in [6.45, 7) is 1.33. The average Bonchev–Trinajstić information content (AvgIpc) is 3.04. The molecular weight excluding hydrogens is 378 g/mol. The van der Waals surface area contributed by atoms with Gasteiger partial charge in [-0.15, -0.1) is 0 Å². The minimum Gasteiger partial charge on any atom is -0.497 e. The first kappa shape index (κ1) is 19.9. The second-order valence-corrected chi connectivity index (χ2v) is 7.50.